The Morgan fingerprint density at radius 2 is 1.82 bits per heavy atom. The second-order valence-electron chi connectivity index (χ2n) is 7.79. The van der Waals surface area contributed by atoms with Gasteiger partial charge in [-0.05, 0) is 44.6 Å². The third-order valence-corrected chi connectivity index (χ3v) is 6.01. The number of aryl methyl sites for hydroxylation is 1. The van der Waals surface area contributed by atoms with Crippen molar-refractivity contribution in [2.45, 2.75) is 45.4 Å². The zero-order chi connectivity index (χ0) is 20.0. The SMILES string of the molecule is CCOC(=O)C1(CCc2ccccc2)CCN(C(=O)CN2CCCC2=O)CC1. The van der Waals surface area contributed by atoms with Gasteiger partial charge in [0.25, 0.3) is 0 Å². The molecule has 0 aromatic heterocycles. The highest BCUT2D eigenvalue weighted by molar-refractivity contribution is 5.86. The molecule has 2 saturated heterocycles. The summed E-state index contributed by atoms with van der Waals surface area (Å²) in [6.07, 6.45) is 4.13. The molecular weight excluding hydrogens is 356 g/mol. The molecule has 0 bridgehead atoms. The van der Waals surface area contributed by atoms with Gasteiger partial charge >= 0.3 is 5.97 Å². The van der Waals surface area contributed by atoms with Crippen molar-refractivity contribution < 1.29 is 19.1 Å². The van der Waals surface area contributed by atoms with Gasteiger partial charge in [-0.2, -0.15) is 0 Å². The Labute approximate surface area is 166 Å². The predicted octanol–water partition coefficient (Wildman–Crippen LogP) is 2.41. The summed E-state index contributed by atoms with van der Waals surface area (Å²) in [4.78, 5) is 40.6. The van der Waals surface area contributed by atoms with Crippen molar-refractivity contribution in [3.63, 3.8) is 0 Å². The van der Waals surface area contributed by atoms with Crippen molar-refractivity contribution >= 4 is 17.8 Å². The average molecular weight is 386 g/mol. The van der Waals surface area contributed by atoms with E-state index >= 15 is 0 Å². The number of carbonyl (C=O) groups is 3. The zero-order valence-electron chi connectivity index (χ0n) is 16.7. The number of piperidine rings is 1. The van der Waals surface area contributed by atoms with Crippen molar-refractivity contribution in [3.05, 3.63) is 35.9 Å². The molecule has 1 aromatic rings. The number of amides is 2. The molecule has 6 heteroatoms. The number of carbonyl (C=O) groups excluding carboxylic acids is 3. The molecule has 0 N–H and O–H groups in total. The maximum Gasteiger partial charge on any atom is 0.312 e. The highest BCUT2D eigenvalue weighted by Crippen LogP contribution is 2.38. The molecule has 2 fully saturated rings. The van der Waals surface area contributed by atoms with Crippen LogP contribution in [0.15, 0.2) is 30.3 Å². The number of rotatable bonds is 7. The molecule has 6 nitrogen and oxygen atoms in total. The van der Waals surface area contributed by atoms with Crippen LogP contribution in [0.25, 0.3) is 0 Å². The standard InChI is InChI=1S/C22H30N2O4/c1-2-28-21(27)22(11-10-18-7-4-3-5-8-18)12-15-23(16-13-22)20(26)17-24-14-6-9-19(24)25/h3-5,7-8H,2,6,9-17H2,1H3. The minimum Gasteiger partial charge on any atom is -0.466 e. The maximum absolute atomic E-state index is 12.8. The van der Waals surface area contributed by atoms with Crippen LogP contribution in [-0.4, -0.2) is 60.4 Å². The van der Waals surface area contributed by atoms with Crippen LogP contribution in [0.1, 0.15) is 44.6 Å². The topological polar surface area (TPSA) is 66.9 Å². The van der Waals surface area contributed by atoms with Crippen LogP contribution in [0.2, 0.25) is 0 Å². The van der Waals surface area contributed by atoms with Crippen molar-refractivity contribution in [2.75, 3.05) is 32.8 Å². The molecule has 0 unspecified atom stereocenters. The molecule has 0 spiro atoms. The van der Waals surface area contributed by atoms with Gasteiger partial charge in [0, 0.05) is 26.1 Å². The molecule has 152 valence electrons. The van der Waals surface area contributed by atoms with Gasteiger partial charge in [-0.3, -0.25) is 14.4 Å². The first-order chi connectivity index (χ1) is 13.5. The smallest absolute Gasteiger partial charge is 0.312 e. The first kappa shape index (κ1) is 20.4. The summed E-state index contributed by atoms with van der Waals surface area (Å²) in [5.41, 5.74) is 0.670. The predicted molar refractivity (Wildman–Crippen MR) is 105 cm³/mol. The van der Waals surface area contributed by atoms with Gasteiger partial charge in [0.15, 0.2) is 0 Å². The number of likely N-dealkylation sites (tertiary alicyclic amines) is 2. The average Bonchev–Trinajstić information content (AvgIpc) is 3.12. The Bertz CT molecular complexity index is 696. The van der Waals surface area contributed by atoms with E-state index in [0.717, 1.165) is 19.3 Å². The molecule has 28 heavy (non-hydrogen) atoms. The zero-order valence-corrected chi connectivity index (χ0v) is 16.7. The summed E-state index contributed by atoms with van der Waals surface area (Å²) >= 11 is 0. The van der Waals surface area contributed by atoms with Gasteiger partial charge in [-0.25, -0.2) is 0 Å². The van der Waals surface area contributed by atoms with Crippen LogP contribution in [0, 0.1) is 5.41 Å². The summed E-state index contributed by atoms with van der Waals surface area (Å²) in [5, 5.41) is 0. The molecule has 0 saturated carbocycles. The van der Waals surface area contributed by atoms with Crippen LogP contribution in [0.3, 0.4) is 0 Å². The van der Waals surface area contributed by atoms with Crippen molar-refractivity contribution in [1.82, 2.24) is 9.80 Å². The third-order valence-electron chi connectivity index (χ3n) is 6.01. The summed E-state index contributed by atoms with van der Waals surface area (Å²) in [5.74, 6) is -0.0994. The van der Waals surface area contributed by atoms with Crippen LogP contribution in [0.5, 0.6) is 0 Å². The molecule has 2 aliphatic rings. The minimum absolute atomic E-state index is 0.0178. The highest BCUT2D eigenvalue weighted by Gasteiger charge is 2.43. The number of benzene rings is 1. The quantitative estimate of drug-likeness (QED) is 0.675. The molecule has 1 aromatic carbocycles. The second kappa shape index (κ2) is 9.22. The minimum atomic E-state index is -0.536. The van der Waals surface area contributed by atoms with E-state index in [9.17, 15) is 14.4 Å². The van der Waals surface area contributed by atoms with E-state index < -0.39 is 5.41 Å². The summed E-state index contributed by atoms with van der Waals surface area (Å²) in [7, 11) is 0. The fourth-order valence-corrected chi connectivity index (χ4v) is 4.19. The monoisotopic (exact) mass is 386 g/mol. The second-order valence-corrected chi connectivity index (χ2v) is 7.79. The van der Waals surface area contributed by atoms with Gasteiger partial charge in [0.2, 0.25) is 11.8 Å². The molecular formula is C22H30N2O4. The first-order valence-corrected chi connectivity index (χ1v) is 10.3. The Hall–Kier alpha value is -2.37. The molecule has 0 aliphatic carbocycles. The van der Waals surface area contributed by atoms with Gasteiger partial charge in [0.1, 0.15) is 0 Å². The fraction of sp³-hybridized carbons (Fsp3) is 0.591. The van der Waals surface area contributed by atoms with E-state index in [4.69, 9.17) is 4.74 Å². The molecule has 2 amide bonds. The summed E-state index contributed by atoms with van der Waals surface area (Å²) in [6.45, 7) is 4.10. The Balaban J connectivity index is 1.60. The van der Waals surface area contributed by atoms with Gasteiger partial charge in [-0.15, -0.1) is 0 Å². The maximum atomic E-state index is 12.8. The van der Waals surface area contributed by atoms with E-state index in [-0.39, 0.29) is 24.3 Å². The van der Waals surface area contributed by atoms with Crippen molar-refractivity contribution in [2.24, 2.45) is 5.41 Å². The van der Waals surface area contributed by atoms with E-state index in [0.29, 0.717) is 45.5 Å². The van der Waals surface area contributed by atoms with Crippen LogP contribution >= 0.6 is 0 Å². The lowest BCUT2D eigenvalue weighted by molar-refractivity contribution is -0.161. The normalized spacial score (nSPS) is 19.0. The molecule has 0 atom stereocenters. The van der Waals surface area contributed by atoms with Gasteiger partial charge in [-0.1, -0.05) is 30.3 Å². The van der Waals surface area contributed by atoms with Crippen LogP contribution < -0.4 is 0 Å². The number of ether oxygens (including phenoxy) is 1. The number of hydrogen-bond donors (Lipinski definition) is 0. The first-order valence-electron chi connectivity index (χ1n) is 10.3. The number of nitrogens with zero attached hydrogens (tertiary/aromatic N) is 2. The Kier molecular flexibility index (Phi) is 6.70. The van der Waals surface area contributed by atoms with E-state index in [2.05, 4.69) is 12.1 Å². The van der Waals surface area contributed by atoms with Crippen molar-refractivity contribution in [3.8, 4) is 0 Å². The van der Waals surface area contributed by atoms with Crippen LogP contribution in [-0.2, 0) is 25.5 Å². The van der Waals surface area contributed by atoms with E-state index in [1.165, 1.54) is 5.56 Å². The Morgan fingerprint density at radius 3 is 2.43 bits per heavy atom. The fourth-order valence-electron chi connectivity index (χ4n) is 4.19. The van der Waals surface area contributed by atoms with Crippen LogP contribution in [0.4, 0.5) is 0 Å². The number of hydrogen-bond acceptors (Lipinski definition) is 4. The lowest BCUT2D eigenvalue weighted by Crippen LogP contribution is -2.49. The third kappa shape index (κ3) is 4.72. The van der Waals surface area contributed by atoms with E-state index in [1.807, 2.05) is 25.1 Å². The molecule has 2 aliphatic heterocycles. The van der Waals surface area contributed by atoms with Crippen molar-refractivity contribution in [1.29, 1.82) is 0 Å². The molecule has 0 radical (unpaired) electrons. The highest BCUT2D eigenvalue weighted by atomic mass is 16.5. The molecule has 2 heterocycles. The van der Waals surface area contributed by atoms with Gasteiger partial charge in [0.05, 0.1) is 18.6 Å². The lowest BCUT2D eigenvalue weighted by Gasteiger charge is -2.40. The lowest BCUT2D eigenvalue weighted by atomic mass is 9.74. The van der Waals surface area contributed by atoms with E-state index in [1.54, 1.807) is 9.80 Å². The number of esters is 1. The Morgan fingerprint density at radius 1 is 1.11 bits per heavy atom. The summed E-state index contributed by atoms with van der Waals surface area (Å²) < 4.78 is 5.40. The summed E-state index contributed by atoms with van der Waals surface area (Å²) in [6, 6.07) is 10.1. The van der Waals surface area contributed by atoms with Gasteiger partial charge < -0.3 is 14.5 Å². The largest absolute Gasteiger partial charge is 0.466 e. The molecule has 3 rings (SSSR count).